The number of aromatic nitrogens is 1. The van der Waals surface area contributed by atoms with E-state index in [1.165, 1.54) is 5.56 Å². The van der Waals surface area contributed by atoms with Gasteiger partial charge >= 0.3 is 0 Å². The Balaban J connectivity index is 2.75. The van der Waals surface area contributed by atoms with Gasteiger partial charge in [0.2, 0.25) is 9.04 Å². The van der Waals surface area contributed by atoms with Crippen molar-refractivity contribution in [3.05, 3.63) is 29.6 Å². The molecular weight excluding hydrogens is 202 g/mol. The molecular formula is C12H20NOSi. The molecule has 0 fully saturated rings. The van der Waals surface area contributed by atoms with Crippen LogP contribution in [0.3, 0.4) is 0 Å². The summed E-state index contributed by atoms with van der Waals surface area (Å²) in [5.41, 5.74) is 2.54. The summed E-state index contributed by atoms with van der Waals surface area (Å²) < 4.78 is 5.63. The summed E-state index contributed by atoms with van der Waals surface area (Å²) in [5.74, 6) is 0. The second-order valence-electron chi connectivity index (χ2n) is 4.98. The highest BCUT2D eigenvalue weighted by Crippen LogP contribution is 2.22. The quantitative estimate of drug-likeness (QED) is 0.733. The molecule has 2 nitrogen and oxygen atoms in total. The maximum absolute atomic E-state index is 5.63. The zero-order valence-electron chi connectivity index (χ0n) is 10.3. The van der Waals surface area contributed by atoms with E-state index < -0.39 is 9.04 Å². The van der Waals surface area contributed by atoms with Gasteiger partial charge < -0.3 is 4.43 Å². The zero-order chi connectivity index (χ0) is 11.5. The second-order valence-corrected chi connectivity index (χ2v) is 7.09. The first kappa shape index (κ1) is 12.4. The molecule has 0 spiro atoms. The molecule has 15 heavy (non-hydrogen) atoms. The van der Waals surface area contributed by atoms with E-state index in [4.69, 9.17) is 4.43 Å². The largest absolute Gasteiger partial charge is 0.411 e. The van der Waals surface area contributed by atoms with E-state index in [-0.39, 0.29) is 5.41 Å². The molecule has 0 N–H and O–H groups in total. The van der Waals surface area contributed by atoms with Crippen molar-refractivity contribution >= 4 is 9.04 Å². The van der Waals surface area contributed by atoms with Gasteiger partial charge in [0.1, 0.15) is 0 Å². The lowest BCUT2D eigenvalue weighted by Crippen LogP contribution is -2.13. The Morgan fingerprint density at radius 2 is 2.00 bits per heavy atom. The monoisotopic (exact) mass is 222 g/mol. The first-order valence-electron chi connectivity index (χ1n) is 5.28. The average molecular weight is 222 g/mol. The van der Waals surface area contributed by atoms with Gasteiger partial charge in [0.05, 0.1) is 12.3 Å². The lowest BCUT2D eigenvalue weighted by atomic mass is 9.87. The smallest absolute Gasteiger partial charge is 0.205 e. The molecule has 0 aromatic carbocycles. The van der Waals surface area contributed by atoms with Crippen LogP contribution in [0.15, 0.2) is 18.3 Å². The molecule has 0 amide bonds. The van der Waals surface area contributed by atoms with Gasteiger partial charge in [-0.3, -0.25) is 4.98 Å². The molecule has 0 atom stereocenters. The van der Waals surface area contributed by atoms with Gasteiger partial charge in [0.15, 0.2) is 0 Å². The Kier molecular flexibility index (Phi) is 4.05. The van der Waals surface area contributed by atoms with Gasteiger partial charge in [-0.1, -0.05) is 20.8 Å². The molecule has 1 aromatic rings. The van der Waals surface area contributed by atoms with Gasteiger partial charge in [0, 0.05) is 6.20 Å². The lowest BCUT2D eigenvalue weighted by molar-refractivity contribution is 0.309. The van der Waals surface area contributed by atoms with Gasteiger partial charge in [-0.2, -0.15) is 0 Å². The van der Waals surface area contributed by atoms with Crippen LogP contribution in [0.5, 0.6) is 0 Å². The van der Waals surface area contributed by atoms with Crippen molar-refractivity contribution in [3.8, 4) is 0 Å². The molecule has 1 radical (unpaired) electrons. The van der Waals surface area contributed by atoms with Crippen LogP contribution in [0.2, 0.25) is 13.1 Å². The highest BCUT2D eigenvalue weighted by Gasteiger charge is 2.14. The van der Waals surface area contributed by atoms with Crippen LogP contribution in [0.1, 0.15) is 32.0 Å². The third-order valence-corrected chi connectivity index (χ3v) is 2.91. The van der Waals surface area contributed by atoms with Crippen LogP contribution in [0.4, 0.5) is 0 Å². The van der Waals surface area contributed by atoms with Crippen molar-refractivity contribution in [3.63, 3.8) is 0 Å². The molecule has 0 unspecified atom stereocenters. The Hall–Kier alpha value is -0.673. The van der Waals surface area contributed by atoms with Crippen LogP contribution < -0.4 is 0 Å². The minimum atomic E-state index is -0.620. The average Bonchev–Trinajstić information content (AvgIpc) is 2.14. The van der Waals surface area contributed by atoms with Crippen LogP contribution in [-0.4, -0.2) is 14.0 Å². The summed E-state index contributed by atoms with van der Waals surface area (Å²) in [7, 11) is -0.620. The van der Waals surface area contributed by atoms with Gasteiger partial charge in [-0.05, 0) is 36.2 Å². The highest BCUT2D eigenvalue weighted by molar-refractivity contribution is 6.48. The fourth-order valence-corrected chi connectivity index (χ4v) is 1.68. The zero-order valence-corrected chi connectivity index (χ0v) is 11.3. The summed E-state index contributed by atoms with van der Waals surface area (Å²) in [6.45, 7) is 11.5. The summed E-state index contributed by atoms with van der Waals surface area (Å²) in [6.07, 6.45) is 1.87. The minimum Gasteiger partial charge on any atom is -0.411 e. The van der Waals surface area contributed by atoms with Crippen molar-refractivity contribution in [1.82, 2.24) is 4.98 Å². The number of hydrogen-bond acceptors (Lipinski definition) is 2. The molecule has 1 heterocycles. The van der Waals surface area contributed by atoms with E-state index in [1.54, 1.807) is 0 Å². The van der Waals surface area contributed by atoms with Crippen LogP contribution in [0.25, 0.3) is 0 Å². The Morgan fingerprint density at radius 1 is 1.33 bits per heavy atom. The van der Waals surface area contributed by atoms with Gasteiger partial charge in [0.25, 0.3) is 0 Å². The molecule has 1 rings (SSSR count). The summed E-state index contributed by atoms with van der Waals surface area (Å²) >= 11 is 0. The molecule has 1 aromatic heterocycles. The molecule has 0 aliphatic rings. The summed E-state index contributed by atoms with van der Waals surface area (Å²) in [6, 6.07) is 4.22. The SMILES string of the molecule is C[Si](C)OCc1cc(C(C)(C)C)ccn1. The van der Waals surface area contributed by atoms with E-state index in [9.17, 15) is 0 Å². The fraction of sp³-hybridized carbons (Fsp3) is 0.583. The van der Waals surface area contributed by atoms with Crippen LogP contribution in [-0.2, 0) is 16.4 Å². The number of pyridine rings is 1. The third-order valence-electron chi connectivity index (χ3n) is 2.19. The molecule has 0 bridgehead atoms. The predicted octanol–water partition coefficient (Wildman–Crippen LogP) is 3.15. The third kappa shape index (κ3) is 4.14. The number of hydrogen-bond donors (Lipinski definition) is 0. The standard InChI is InChI=1S/C12H20NOSi/c1-12(2,3)10-6-7-13-11(8-10)9-14-15(4)5/h6-8H,9H2,1-5H3. The predicted molar refractivity (Wildman–Crippen MR) is 65.2 cm³/mol. The van der Waals surface area contributed by atoms with Crippen LogP contribution in [0, 0.1) is 0 Å². The maximum atomic E-state index is 5.63. The van der Waals surface area contributed by atoms with E-state index in [1.807, 2.05) is 6.20 Å². The lowest BCUT2D eigenvalue weighted by Gasteiger charge is -2.19. The van der Waals surface area contributed by atoms with Gasteiger partial charge in [-0.15, -0.1) is 0 Å². The van der Waals surface area contributed by atoms with E-state index in [0.29, 0.717) is 6.61 Å². The first-order valence-corrected chi connectivity index (χ1v) is 7.69. The fourth-order valence-electron chi connectivity index (χ4n) is 1.24. The van der Waals surface area contributed by atoms with Crippen molar-refractivity contribution in [1.29, 1.82) is 0 Å². The summed E-state index contributed by atoms with van der Waals surface area (Å²) in [4.78, 5) is 4.32. The molecule has 83 valence electrons. The molecule has 3 heteroatoms. The normalized spacial score (nSPS) is 12.1. The second kappa shape index (κ2) is 4.90. The van der Waals surface area contributed by atoms with Gasteiger partial charge in [-0.25, -0.2) is 0 Å². The van der Waals surface area contributed by atoms with E-state index in [0.717, 1.165) is 5.69 Å². The molecule has 0 aliphatic carbocycles. The minimum absolute atomic E-state index is 0.184. The first-order chi connectivity index (χ1) is 6.89. The van der Waals surface area contributed by atoms with E-state index in [2.05, 4.69) is 51.0 Å². The Bertz CT molecular complexity index is 318. The topological polar surface area (TPSA) is 22.1 Å². The maximum Gasteiger partial charge on any atom is 0.205 e. The highest BCUT2D eigenvalue weighted by atomic mass is 28.3. The van der Waals surface area contributed by atoms with Crippen LogP contribution >= 0.6 is 0 Å². The summed E-state index contributed by atoms with van der Waals surface area (Å²) in [5, 5.41) is 0. The Morgan fingerprint density at radius 3 is 2.53 bits per heavy atom. The van der Waals surface area contributed by atoms with Crippen molar-refractivity contribution < 1.29 is 4.43 Å². The Labute approximate surface area is 94.4 Å². The number of rotatable bonds is 3. The van der Waals surface area contributed by atoms with Crippen molar-refractivity contribution in [2.45, 2.75) is 45.9 Å². The van der Waals surface area contributed by atoms with E-state index >= 15 is 0 Å². The molecule has 0 saturated carbocycles. The molecule has 0 saturated heterocycles. The van der Waals surface area contributed by atoms with Crippen molar-refractivity contribution in [2.24, 2.45) is 0 Å². The number of nitrogens with zero attached hydrogens (tertiary/aromatic N) is 1. The van der Waals surface area contributed by atoms with Crippen molar-refractivity contribution in [2.75, 3.05) is 0 Å². The molecule has 0 aliphatic heterocycles.